The Morgan fingerprint density at radius 1 is 1.14 bits per heavy atom. The molecule has 0 aromatic heterocycles. The third-order valence-electron chi connectivity index (χ3n) is 4.21. The number of rotatable bonds is 8. The number of thioether (sulfide) groups is 1. The number of nitrogens with zero attached hydrogens (tertiary/aromatic N) is 1. The fraction of sp³-hybridized carbons (Fsp3) is 0.300. The van der Waals surface area contributed by atoms with Crippen molar-refractivity contribution in [1.82, 2.24) is 10.2 Å². The number of amides is 2. The highest BCUT2D eigenvalue weighted by molar-refractivity contribution is 7.99. The Kier molecular flexibility index (Phi) is 8.60. The zero-order chi connectivity index (χ0) is 20.7. The van der Waals surface area contributed by atoms with E-state index in [9.17, 15) is 14.0 Å². The van der Waals surface area contributed by atoms with E-state index in [0.29, 0.717) is 21.4 Å². The summed E-state index contributed by atoms with van der Waals surface area (Å²) in [5.41, 5.74) is 1.51. The summed E-state index contributed by atoms with van der Waals surface area (Å²) < 4.78 is 13.0. The van der Waals surface area contributed by atoms with Gasteiger partial charge in [0.2, 0.25) is 11.8 Å². The van der Waals surface area contributed by atoms with Gasteiger partial charge in [-0.25, -0.2) is 4.39 Å². The predicted octanol–water partition coefficient (Wildman–Crippen LogP) is 4.53. The fourth-order valence-electron chi connectivity index (χ4n) is 2.56. The molecule has 0 aliphatic heterocycles. The topological polar surface area (TPSA) is 49.4 Å². The van der Waals surface area contributed by atoms with E-state index in [2.05, 4.69) is 5.32 Å². The molecule has 2 rings (SSSR count). The predicted molar refractivity (Wildman–Crippen MR) is 113 cm³/mol. The van der Waals surface area contributed by atoms with Crippen LogP contribution in [0.1, 0.15) is 18.1 Å². The monoisotopic (exact) mass is 442 g/mol. The summed E-state index contributed by atoms with van der Waals surface area (Å²) in [6.07, 6.45) is 0. The Hall–Kier alpha value is -1.76. The van der Waals surface area contributed by atoms with Crippen LogP contribution in [-0.2, 0) is 21.9 Å². The molecule has 0 fully saturated rings. The van der Waals surface area contributed by atoms with E-state index >= 15 is 0 Å². The first-order chi connectivity index (χ1) is 13.3. The lowest BCUT2D eigenvalue weighted by Crippen LogP contribution is -2.47. The van der Waals surface area contributed by atoms with Crippen LogP contribution in [0.2, 0.25) is 10.0 Å². The zero-order valence-electron chi connectivity index (χ0n) is 15.5. The van der Waals surface area contributed by atoms with Crippen molar-refractivity contribution < 1.29 is 14.0 Å². The van der Waals surface area contributed by atoms with E-state index in [1.807, 2.05) is 0 Å². The van der Waals surface area contributed by atoms with Crippen LogP contribution in [0.15, 0.2) is 42.5 Å². The molecule has 1 atom stereocenters. The summed E-state index contributed by atoms with van der Waals surface area (Å²) >= 11 is 13.9. The Morgan fingerprint density at radius 2 is 1.75 bits per heavy atom. The van der Waals surface area contributed by atoms with Crippen molar-refractivity contribution in [3.05, 3.63) is 69.5 Å². The molecular formula is C20H21Cl2FN2O2S. The summed E-state index contributed by atoms with van der Waals surface area (Å²) in [4.78, 5) is 26.4. The number of benzene rings is 2. The van der Waals surface area contributed by atoms with Crippen molar-refractivity contribution in [3.63, 3.8) is 0 Å². The molecule has 2 amide bonds. The quantitative estimate of drug-likeness (QED) is 0.653. The molecule has 0 radical (unpaired) electrons. The minimum Gasteiger partial charge on any atom is -0.357 e. The third-order valence-corrected chi connectivity index (χ3v) is 5.91. The number of halogens is 3. The molecule has 0 aliphatic carbocycles. The smallest absolute Gasteiger partial charge is 0.242 e. The van der Waals surface area contributed by atoms with Crippen molar-refractivity contribution in [2.24, 2.45) is 0 Å². The molecule has 28 heavy (non-hydrogen) atoms. The first-order valence-electron chi connectivity index (χ1n) is 8.59. The van der Waals surface area contributed by atoms with Gasteiger partial charge in [-0.3, -0.25) is 9.59 Å². The van der Waals surface area contributed by atoms with Gasteiger partial charge in [-0.2, -0.15) is 0 Å². The van der Waals surface area contributed by atoms with Crippen molar-refractivity contribution in [2.45, 2.75) is 25.3 Å². The molecule has 2 aromatic carbocycles. The lowest BCUT2D eigenvalue weighted by atomic mass is 10.1. The van der Waals surface area contributed by atoms with Gasteiger partial charge in [-0.1, -0.05) is 41.4 Å². The van der Waals surface area contributed by atoms with Gasteiger partial charge in [0.15, 0.2) is 0 Å². The number of hydrogen-bond acceptors (Lipinski definition) is 3. The highest BCUT2D eigenvalue weighted by Crippen LogP contribution is 2.27. The molecule has 0 heterocycles. The number of likely N-dealkylation sites (N-methyl/N-ethyl adjacent to an activating group) is 1. The molecule has 0 saturated carbocycles. The van der Waals surface area contributed by atoms with Crippen LogP contribution < -0.4 is 5.32 Å². The SMILES string of the molecule is CNC(=O)C(C)N(Cc1c(Cl)cccc1Cl)C(=O)CSCc1ccc(F)cc1. The van der Waals surface area contributed by atoms with E-state index in [4.69, 9.17) is 23.2 Å². The number of nitrogens with one attached hydrogen (secondary N) is 1. The highest BCUT2D eigenvalue weighted by Gasteiger charge is 2.26. The zero-order valence-corrected chi connectivity index (χ0v) is 17.9. The molecule has 0 spiro atoms. The average molecular weight is 443 g/mol. The van der Waals surface area contributed by atoms with Crippen LogP contribution in [0.4, 0.5) is 4.39 Å². The van der Waals surface area contributed by atoms with Gasteiger partial charge in [-0.15, -0.1) is 11.8 Å². The number of carbonyl (C=O) groups excluding carboxylic acids is 2. The highest BCUT2D eigenvalue weighted by atomic mass is 35.5. The second-order valence-electron chi connectivity index (χ2n) is 6.13. The lowest BCUT2D eigenvalue weighted by molar-refractivity contribution is -0.138. The Balaban J connectivity index is 2.10. The summed E-state index contributed by atoms with van der Waals surface area (Å²) in [6, 6.07) is 10.6. The number of carbonyl (C=O) groups is 2. The van der Waals surface area contributed by atoms with E-state index < -0.39 is 6.04 Å². The lowest BCUT2D eigenvalue weighted by Gasteiger charge is -2.29. The van der Waals surface area contributed by atoms with Gasteiger partial charge in [0.05, 0.1) is 5.75 Å². The van der Waals surface area contributed by atoms with Gasteiger partial charge in [-0.05, 0) is 36.8 Å². The first kappa shape index (κ1) is 22.5. The maximum absolute atomic E-state index is 13.0. The summed E-state index contributed by atoms with van der Waals surface area (Å²) in [6.45, 7) is 1.79. The second-order valence-corrected chi connectivity index (χ2v) is 7.93. The Bertz CT molecular complexity index is 813. The maximum Gasteiger partial charge on any atom is 0.242 e. The standard InChI is InChI=1S/C20H21Cl2FN2O2S/c1-13(20(27)24-2)25(10-16-17(21)4-3-5-18(16)22)19(26)12-28-11-14-6-8-15(23)9-7-14/h3-9,13H,10-12H2,1-2H3,(H,24,27). The Morgan fingerprint density at radius 3 is 2.32 bits per heavy atom. The van der Waals surface area contributed by atoms with E-state index in [0.717, 1.165) is 5.56 Å². The van der Waals surface area contributed by atoms with E-state index in [1.165, 1.54) is 35.8 Å². The van der Waals surface area contributed by atoms with Gasteiger partial charge in [0, 0.05) is 35.0 Å². The van der Waals surface area contributed by atoms with E-state index in [-0.39, 0.29) is 29.9 Å². The van der Waals surface area contributed by atoms with Crippen LogP contribution in [0, 0.1) is 5.82 Å². The minimum atomic E-state index is -0.684. The Labute approximate surface area is 178 Å². The molecule has 1 N–H and O–H groups in total. The van der Waals surface area contributed by atoms with Crippen LogP contribution in [0.3, 0.4) is 0 Å². The van der Waals surface area contributed by atoms with Crippen molar-refractivity contribution in [3.8, 4) is 0 Å². The van der Waals surface area contributed by atoms with Crippen LogP contribution in [0.25, 0.3) is 0 Å². The van der Waals surface area contributed by atoms with Crippen molar-refractivity contribution in [2.75, 3.05) is 12.8 Å². The summed E-state index contributed by atoms with van der Waals surface area (Å²) in [7, 11) is 1.52. The molecule has 8 heteroatoms. The molecule has 0 aliphatic rings. The normalized spacial score (nSPS) is 11.8. The average Bonchev–Trinajstić information content (AvgIpc) is 2.68. The minimum absolute atomic E-state index is 0.128. The van der Waals surface area contributed by atoms with Gasteiger partial charge < -0.3 is 10.2 Å². The first-order valence-corrected chi connectivity index (χ1v) is 10.5. The van der Waals surface area contributed by atoms with Gasteiger partial charge >= 0.3 is 0 Å². The molecule has 2 aromatic rings. The van der Waals surface area contributed by atoms with Gasteiger partial charge in [0.25, 0.3) is 0 Å². The van der Waals surface area contributed by atoms with Crippen LogP contribution >= 0.6 is 35.0 Å². The molecule has 150 valence electrons. The molecule has 0 bridgehead atoms. The third kappa shape index (κ3) is 6.12. The van der Waals surface area contributed by atoms with Crippen molar-refractivity contribution in [1.29, 1.82) is 0 Å². The summed E-state index contributed by atoms with van der Waals surface area (Å²) in [5, 5.41) is 3.44. The van der Waals surface area contributed by atoms with Crippen LogP contribution in [0.5, 0.6) is 0 Å². The fourth-order valence-corrected chi connectivity index (χ4v) is 3.95. The molecule has 0 saturated heterocycles. The van der Waals surface area contributed by atoms with Gasteiger partial charge in [0.1, 0.15) is 11.9 Å². The molecule has 1 unspecified atom stereocenters. The van der Waals surface area contributed by atoms with E-state index in [1.54, 1.807) is 37.3 Å². The molecule has 4 nitrogen and oxygen atoms in total. The second kappa shape index (κ2) is 10.7. The number of hydrogen-bond donors (Lipinski definition) is 1. The van der Waals surface area contributed by atoms with Crippen molar-refractivity contribution >= 4 is 46.8 Å². The largest absolute Gasteiger partial charge is 0.357 e. The van der Waals surface area contributed by atoms with Crippen LogP contribution in [-0.4, -0.2) is 35.6 Å². The maximum atomic E-state index is 13.0. The summed E-state index contributed by atoms with van der Waals surface area (Å²) in [5.74, 6) is -0.0618. The molecular weight excluding hydrogens is 422 g/mol.